The van der Waals surface area contributed by atoms with Gasteiger partial charge >= 0.3 is 0 Å². The Labute approximate surface area is 116 Å². The minimum atomic E-state index is 0.777. The molecule has 0 atom stereocenters. The summed E-state index contributed by atoms with van der Waals surface area (Å²) < 4.78 is 0. The molecule has 0 heterocycles. The van der Waals surface area contributed by atoms with Gasteiger partial charge in [-0.2, -0.15) is 0 Å². The molecule has 0 unspecified atom stereocenters. The Morgan fingerprint density at radius 2 is 1.89 bits per heavy atom. The van der Waals surface area contributed by atoms with Gasteiger partial charge in [0.1, 0.15) is 0 Å². The van der Waals surface area contributed by atoms with Crippen LogP contribution in [-0.2, 0) is 0 Å². The molecule has 18 heavy (non-hydrogen) atoms. The SMILES string of the molecule is CN(C)CCCN(C)CCNc1cccc(Cl)c1. The average molecular weight is 270 g/mol. The molecule has 1 aromatic rings. The Morgan fingerprint density at radius 1 is 1.11 bits per heavy atom. The second kappa shape index (κ2) is 8.35. The first kappa shape index (κ1) is 15.3. The number of nitrogens with zero attached hydrogens (tertiary/aromatic N) is 2. The van der Waals surface area contributed by atoms with Gasteiger partial charge < -0.3 is 15.1 Å². The summed E-state index contributed by atoms with van der Waals surface area (Å²) in [6, 6.07) is 7.84. The van der Waals surface area contributed by atoms with Gasteiger partial charge in [0.25, 0.3) is 0 Å². The van der Waals surface area contributed by atoms with E-state index < -0.39 is 0 Å². The first-order chi connectivity index (χ1) is 8.58. The van der Waals surface area contributed by atoms with Crippen molar-refractivity contribution >= 4 is 17.3 Å². The van der Waals surface area contributed by atoms with E-state index in [1.807, 2.05) is 24.3 Å². The van der Waals surface area contributed by atoms with Crippen LogP contribution in [0.1, 0.15) is 6.42 Å². The fourth-order valence-corrected chi connectivity index (χ4v) is 1.95. The van der Waals surface area contributed by atoms with Gasteiger partial charge in [0, 0.05) is 23.8 Å². The lowest BCUT2D eigenvalue weighted by molar-refractivity contribution is 0.308. The molecule has 3 nitrogen and oxygen atoms in total. The van der Waals surface area contributed by atoms with E-state index in [0.29, 0.717) is 0 Å². The molecule has 102 valence electrons. The van der Waals surface area contributed by atoms with E-state index in [9.17, 15) is 0 Å². The molecular weight excluding hydrogens is 246 g/mol. The zero-order chi connectivity index (χ0) is 13.4. The normalized spacial score (nSPS) is 11.2. The van der Waals surface area contributed by atoms with Gasteiger partial charge in [-0.05, 0) is 58.9 Å². The van der Waals surface area contributed by atoms with Crippen LogP contribution in [-0.4, -0.2) is 57.1 Å². The summed E-state index contributed by atoms with van der Waals surface area (Å²) in [5.74, 6) is 0. The van der Waals surface area contributed by atoms with Gasteiger partial charge in [-0.3, -0.25) is 0 Å². The molecule has 0 aromatic heterocycles. The van der Waals surface area contributed by atoms with E-state index in [-0.39, 0.29) is 0 Å². The standard InChI is InChI=1S/C14H24ClN3/c1-17(2)9-5-10-18(3)11-8-16-14-7-4-6-13(15)12-14/h4,6-7,12,16H,5,8-11H2,1-3H3. The highest BCUT2D eigenvalue weighted by molar-refractivity contribution is 6.30. The van der Waals surface area contributed by atoms with Crippen LogP contribution in [0.4, 0.5) is 5.69 Å². The van der Waals surface area contributed by atoms with E-state index in [2.05, 4.69) is 36.3 Å². The quantitative estimate of drug-likeness (QED) is 0.783. The Bertz CT molecular complexity index is 342. The van der Waals surface area contributed by atoms with Crippen molar-refractivity contribution in [1.29, 1.82) is 0 Å². The number of benzene rings is 1. The smallest absolute Gasteiger partial charge is 0.0426 e. The van der Waals surface area contributed by atoms with Crippen molar-refractivity contribution in [3.63, 3.8) is 0 Å². The van der Waals surface area contributed by atoms with Gasteiger partial charge in [-0.15, -0.1) is 0 Å². The Balaban J connectivity index is 2.13. The van der Waals surface area contributed by atoms with Crippen molar-refractivity contribution in [3.8, 4) is 0 Å². The highest BCUT2D eigenvalue weighted by Crippen LogP contribution is 2.14. The third-order valence-corrected chi connectivity index (χ3v) is 3.03. The lowest BCUT2D eigenvalue weighted by Crippen LogP contribution is -2.28. The molecule has 0 aliphatic carbocycles. The summed E-state index contributed by atoms with van der Waals surface area (Å²) in [6.07, 6.45) is 1.21. The Morgan fingerprint density at radius 3 is 2.56 bits per heavy atom. The molecule has 0 radical (unpaired) electrons. The molecule has 0 aliphatic rings. The van der Waals surface area contributed by atoms with Crippen molar-refractivity contribution in [1.82, 2.24) is 9.80 Å². The molecule has 1 rings (SSSR count). The van der Waals surface area contributed by atoms with Gasteiger partial charge in [-0.25, -0.2) is 0 Å². The number of anilines is 1. The molecule has 0 saturated heterocycles. The summed E-state index contributed by atoms with van der Waals surface area (Å²) in [4.78, 5) is 4.57. The van der Waals surface area contributed by atoms with Crippen molar-refractivity contribution in [3.05, 3.63) is 29.3 Å². The highest BCUT2D eigenvalue weighted by Gasteiger charge is 1.99. The molecule has 4 heteroatoms. The predicted octanol–water partition coefficient (Wildman–Crippen LogP) is 2.64. The van der Waals surface area contributed by atoms with Crippen LogP contribution < -0.4 is 5.32 Å². The van der Waals surface area contributed by atoms with Crippen molar-refractivity contribution in [2.24, 2.45) is 0 Å². The number of hydrogen-bond donors (Lipinski definition) is 1. The van der Waals surface area contributed by atoms with E-state index in [0.717, 1.165) is 36.9 Å². The lowest BCUT2D eigenvalue weighted by Gasteiger charge is -2.18. The second-order valence-corrected chi connectivity index (χ2v) is 5.33. The third kappa shape index (κ3) is 6.84. The second-order valence-electron chi connectivity index (χ2n) is 4.90. The molecule has 0 spiro atoms. The molecule has 0 saturated carbocycles. The van der Waals surface area contributed by atoms with E-state index >= 15 is 0 Å². The molecule has 0 fully saturated rings. The van der Waals surface area contributed by atoms with E-state index in [1.54, 1.807) is 0 Å². The summed E-state index contributed by atoms with van der Waals surface area (Å²) in [6.45, 7) is 4.26. The van der Waals surface area contributed by atoms with Crippen LogP contribution in [0.25, 0.3) is 0 Å². The number of hydrogen-bond acceptors (Lipinski definition) is 3. The first-order valence-electron chi connectivity index (χ1n) is 6.40. The fraction of sp³-hybridized carbons (Fsp3) is 0.571. The topological polar surface area (TPSA) is 18.5 Å². The largest absolute Gasteiger partial charge is 0.384 e. The van der Waals surface area contributed by atoms with Gasteiger partial charge in [0.15, 0.2) is 0 Å². The predicted molar refractivity (Wildman–Crippen MR) is 80.6 cm³/mol. The minimum Gasteiger partial charge on any atom is -0.384 e. The van der Waals surface area contributed by atoms with Gasteiger partial charge in [0.2, 0.25) is 0 Å². The maximum absolute atomic E-state index is 5.93. The van der Waals surface area contributed by atoms with Crippen LogP contribution in [0.5, 0.6) is 0 Å². The highest BCUT2D eigenvalue weighted by atomic mass is 35.5. The van der Waals surface area contributed by atoms with E-state index in [4.69, 9.17) is 11.6 Å². The average Bonchev–Trinajstić information content (AvgIpc) is 2.28. The van der Waals surface area contributed by atoms with Crippen LogP contribution in [0.3, 0.4) is 0 Å². The molecule has 1 aromatic carbocycles. The summed E-state index contributed by atoms with van der Waals surface area (Å²) >= 11 is 5.93. The van der Waals surface area contributed by atoms with Crippen molar-refractivity contribution in [2.45, 2.75) is 6.42 Å². The van der Waals surface area contributed by atoms with Crippen LogP contribution in [0.2, 0.25) is 5.02 Å². The van der Waals surface area contributed by atoms with E-state index in [1.165, 1.54) is 6.42 Å². The molecular formula is C14H24ClN3. The number of nitrogens with one attached hydrogen (secondary N) is 1. The van der Waals surface area contributed by atoms with Gasteiger partial charge in [-0.1, -0.05) is 17.7 Å². The van der Waals surface area contributed by atoms with Crippen LogP contribution in [0.15, 0.2) is 24.3 Å². The molecule has 0 aliphatic heterocycles. The maximum atomic E-state index is 5.93. The Kier molecular flexibility index (Phi) is 7.09. The number of rotatable bonds is 8. The fourth-order valence-electron chi connectivity index (χ4n) is 1.76. The molecule has 0 bridgehead atoms. The molecule has 0 amide bonds. The molecule has 1 N–H and O–H groups in total. The zero-order valence-electron chi connectivity index (χ0n) is 11.6. The summed E-state index contributed by atoms with van der Waals surface area (Å²) in [5, 5.41) is 4.16. The summed E-state index contributed by atoms with van der Waals surface area (Å²) in [7, 11) is 6.39. The number of halogens is 1. The van der Waals surface area contributed by atoms with Gasteiger partial charge in [0.05, 0.1) is 0 Å². The first-order valence-corrected chi connectivity index (χ1v) is 6.78. The number of likely N-dealkylation sites (N-methyl/N-ethyl adjacent to an activating group) is 1. The third-order valence-electron chi connectivity index (χ3n) is 2.79. The van der Waals surface area contributed by atoms with Crippen molar-refractivity contribution < 1.29 is 0 Å². The minimum absolute atomic E-state index is 0.777. The summed E-state index contributed by atoms with van der Waals surface area (Å²) in [5.41, 5.74) is 1.09. The maximum Gasteiger partial charge on any atom is 0.0426 e. The van der Waals surface area contributed by atoms with Crippen molar-refractivity contribution in [2.75, 3.05) is 52.6 Å². The Hall–Kier alpha value is -0.770. The lowest BCUT2D eigenvalue weighted by atomic mass is 10.3. The zero-order valence-corrected chi connectivity index (χ0v) is 12.4. The monoisotopic (exact) mass is 269 g/mol. The van der Waals surface area contributed by atoms with Crippen LogP contribution in [0, 0.1) is 0 Å². The van der Waals surface area contributed by atoms with Crippen LogP contribution >= 0.6 is 11.6 Å².